The number of carbonyl (C=O) groups excluding carboxylic acids is 1. The molecule has 0 spiro atoms. The Balaban J connectivity index is 1.91. The lowest BCUT2D eigenvalue weighted by atomic mass is 10.1. The minimum atomic E-state index is -0.110. The number of rotatable bonds is 5. The van der Waals surface area contributed by atoms with Crippen LogP contribution >= 0.6 is 0 Å². The molecule has 3 rings (SSSR count). The third-order valence-corrected chi connectivity index (χ3v) is 3.92. The average molecular weight is 373 g/mol. The summed E-state index contributed by atoms with van der Waals surface area (Å²) in [5.41, 5.74) is 4.40. The SMILES string of the molecule is CC#Cc1ccc2nc(Nc3cc(CN(C)C)cc(NC(C)=O)c3)ncc2c1. The van der Waals surface area contributed by atoms with E-state index in [9.17, 15) is 4.79 Å². The highest BCUT2D eigenvalue weighted by Gasteiger charge is 2.07. The van der Waals surface area contributed by atoms with Gasteiger partial charge < -0.3 is 15.5 Å². The van der Waals surface area contributed by atoms with Gasteiger partial charge in [-0.3, -0.25) is 4.79 Å². The van der Waals surface area contributed by atoms with Crippen LogP contribution in [0.2, 0.25) is 0 Å². The summed E-state index contributed by atoms with van der Waals surface area (Å²) in [7, 11) is 4.00. The molecule has 0 unspecified atom stereocenters. The van der Waals surface area contributed by atoms with Gasteiger partial charge in [-0.25, -0.2) is 9.97 Å². The molecule has 0 bridgehead atoms. The summed E-state index contributed by atoms with van der Waals surface area (Å²) >= 11 is 0. The van der Waals surface area contributed by atoms with E-state index in [1.54, 1.807) is 6.20 Å². The first-order valence-electron chi connectivity index (χ1n) is 8.96. The molecule has 3 aromatic rings. The molecule has 0 aliphatic rings. The summed E-state index contributed by atoms with van der Waals surface area (Å²) in [4.78, 5) is 22.5. The Morgan fingerprint density at radius 3 is 2.64 bits per heavy atom. The third-order valence-electron chi connectivity index (χ3n) is 3.92. The van der Waals surface area contributed by atoms with E-state index in [2.05, 4.69) is 37.3 Å². The van der Waals surface area contributed by atoms with E-state index in [0.29, 0.717) is 5.95 Å². The Bertz CT molecular complexity index is 1080. The number of fused-ring (bicyclic) bond motifs is 1. The fourth-order valence-electron chi connectivity index (χ4n) is 2.94. The maximum Gasteiger partial charge on any atom is 0.227 e. The minimum Gasteiger partial charge on any atom is -0.326 e. The van der Waals surface area contributed by atoms with Gasteiger partial charge in [0.05, 0.1) is 5.52 Å². The van der Waals surface area contributed by atoms with E-state index in [0.717, 1.165) is 39.9 Å². The number of carbonyl (C=O) groups is 1. The van der Waals surface area contributed by atoms with Crippen molar-refractivity contribution in [3.8, 4) is 11.8 Å². The molecule has 28 heavy (non-hydrogen) atoms. The van der Waals surface area contributed by atoms with Crippen LogP contribution in [0.5, 0.6) is 0 Å². The van der Waals surface area contributed by atoms with Crippen LogP contribution in [0.25, 0.3) is 10.9 Å². The Morgan fingerprint density at radius 2 is 1.93 bits per heavy atom. The molecule has 0 aliphatic heterocycles. The van der Waals surface area contributed by atoms with Crippen LogP contribution in [-0.4, -0.2) is 34.9 Å². The Morgan fingerprint density at radius 1 is 1.14 bits per heavy atom. The van der Waals surface area contributed by atoms with Gasteiger partial charge in [-0.1, -0.05) is 5.92 Å². The molecular weight excluding hydrogens is 350 g/mol. The van der Waals surface area contributed by atoms with E-state index < -0.39 is 0 Å². The molecule has 2 N–H and O–H groups in total. The van der Waals surface area contributed by atoms with Crippen LogP contribution in [-0.2, 0) is 11.3 Å². The van der Waals surface area contributed by atoms with Crippen LogP contribution in [0.3, 0.4) is 0 Å². The molecule has 1 aromatic heterocycles. The molecule has 6 heteroatoms. The number of nitrogens with zero attached hydrogens (tertiary/aromatic N) is 3. The number of hydrogen-bond donors (Lipinski definition) is 2. The molecule has 1 heterocycles. The molecule has 0 saturated heterocycles. The number of amides is 1. The summed E-state index contributed by atoms with van der Waals surface area (Å²) in [6.45, 7) is 4.06. The van der Waals surface area contributed by atoms with Crippen molar-refractivity contribution in [3.63, 3.8) is 0 Å². The second kappa shape index (κ2) is 8.51. The summed E-state index contributed by atoms with van der Waals surface area (Å²) in [6.07, 6.45) is 1.78. The lowest BCUT2D eigenvalue weighted by Crippen LogP contribution is -2.12. The second-order valence-electron chi connectivity index (χ2n) is 6.80. The molecule has 142 valence electrons. The number of benzene rings is 2. The Hall–Kier alpha value is -3.43. The molecule has 6 nitrogen and oxygen atoms in total. The van der Waals surface area contributed by atoms with E-state index in [4.69, 9.17) is 0 Å². The zero-order valence-electron chi connectivity index (χ0n) is 16.5. The number of hydrogen-bond acceptors (Lipinski definition) is 5. The van der Waals surface area contributed by atoms with Gasteiger partial charge in [0, 0.05) is 42.0 Å². The zero-order valence-corrected chi connectivity index (χ0v) is 16.5. The maximum atomic E-state index is 11.5. The quantitative estimate of drug-likeness (QED) is 0.667. The first-order valence-corrected chi connectivity index (χ1v) is 8.96. The number of aromatic nitrogens is 2. The number of nitrogens with one attached hydrogen (secondary N) is 2. The standard InChI is InChI=1S/C22H23N5O/c1-5-6-16-7-8-21-18(9-16)13-23-22(26-21)25-20-11-17(14-27(3)4)10-19(12-20)24-15(2)28/h7-13H,14H2,1-4H3,(H,24,28)(H,23,25,26). The van der Waals surface area contributed by atoms with Gasteiger partial charge in [0.1, 0.15) is 0 Å². The predicted octanol–water partition coefficient (Wildman–Crippen LogP) is 3.76. The van der Waals surface area contributed by atoms with Gasteiger partial charge in [-0.15, -0.1) is 5.92 Å². The van der Waals surface area contributed by atoms with Gasteiger partial charge in [-0.2, -0.15) is 0 Å². The fraction of sp³-hybridized carbons (Fsp3) is 0.227. The highest BCUT2D eigenvalue weighted by Crippen LogP contribution is 2.23. The molecular formula is C22H23N5O. The topological polar surface area (TPSA) is 70.2 Å². The van der Waals surface area contributed by atoms with Crippen LogP contribution in [0.4, 0.5) is 17.3 Å². The average Bonchev–Trinajstić information content (AvgIpc) is 2.60. The zero-order chi connectivity index (χ0) is 20.1. The van der Waals surface area contributed by atoms with Crippen LogP contribution in [0.15, 0.2) is 42.6 Å². The molecule has 0 atom stereocenters. The summed E-state index contributed by atoms with van der Waals surface area (Å²) < 4.78 is 0. The van der Waals surface area contributed by atoms with E-state index in [-0.39, 0.29) is 5.91 Å². The lowest BCUT2D eigenvalue weighted by molar-refractivity contribution is -0.114. The first kappa shape index (κ1) is 19.3. The Kier molecular flexibility index (Phi) is 5.87. The van der Waals surface area contributed by atoms with Crippen LogP contribution < -0.4 is 10.6 Å². The van der Waals surface area contributed by atoms with Crippen molar-refractivity contribution in [2.24, 2.45) is 0 Å². The van der Waals surface area contributed by atoms with E-state index >= 15 is 0 Å². The molecule has 0 radical (unpaired) electrons. The van der Waals surface area contributed by atoms with Gasteiger partial charge in [0.15, 0.2) is 0 Å². The molecule has 1 amide bonds. The van der Waals surface area contributed by atoms with Crippen molar-refractivity contribution < 1.29 is 4.79 Å². The molecule has 0 aliphatic carbocycles. The van der Waals surface area contributed by atoms with Crippen molar-refractivity contribution in [1.29, 1.82) is 0 Å². The maximum absolute atomic E-state index is 11.5. The fourth-order valence-corrected chi connectivity index (χ4v) is 2.94. The lowest BCUT2D eigenvalue weighted by Gasteiger charge is -2.14. The van der Waals surface area contributed by atoms with Gasteiger partial charge >= 0.3 is 0 Å². The van der Waals surface area contributed by atoms with Gasteiger partial charge in [0.2, 0.25) is 11.9 Å². The van der Waals surface area contributed by atoms with Crippen molar-refractivity contribution in [2.45, 2.75) is 20.4 Å². The van der Waals surface area contributed by atoms with E-state index in [1.165, 1.54) is 6.92 Å². The van der Waals surface area contributed by atoms with Gasteiger partial charge in [0.25, 0.3) is 0 Å². The highest BCUT2D eigenvalue weighted by molar-refractivity contribution is 5.89. The Labute approximate surface area is 165 Å². The molecule has 2 aromatic carbocycles. The monoisotopic (exact) mass is 373 g/mol. The number of anilines is 3. The second-order valence-corrected chi connectivity index (χ2v) is 6.80. The van der Waals surface area contributed by atoms with Crippen LogP contribution in [0.1, 0.15) is 25.0 Å². The summed E-state index contributed by atoms with van der Waals surface area (Å²) in [5, 5.41) is 7.02. The summed E-state index contributed by atoms with van der Waals surface area (Å²) in [6, 6.07) is 11.7. The first-order chi connectivity index (χ1) is 13.4. The van der Waals surface area contributed by atoms with Crippen molar-refractivity contribution in [1.82, 2.24) is 14.9 Å². The summed E-state index contributed by atoms with van der Waals surface area (Å²) in [5.74, 6) is 6.32. The largest absolute Gasteiger partial charge is 0.326 e. The molecule has 0 saturated carbocycles. The van der Waals surface area contributed by atoms with Gasteiger partial charge in [-0.05, 0) is 63.0 Å². The van der Waals surface area contributed by atoms with E-state index in [1.807, 2.05) is 57.4 Å². The van der Waals surface area contributed by atoms with Crippen molar-refractivity contribution >= 4 is 34.1 Å². The highest BCUT2D eigenvalue weighted by atomic mass is 16.1. The molecule has 0 fully saturated rings. The van der Waals surface area contributed by atoms with Crippen molar-refractivity contribution in [2.75, 3.05) is 24.7 Å². The van der Waals surface area contributed by atoms with Crippen LogP contribution in [0, 0.1) is 11.8 Å². The third kappa shape index (κ3) is 5.06. The predicted molar refractivity (Wildman–Crippen MR) is 114 cm³/mol. The van der Waals surface area contributed by atoms with Crippen molar-refractivity contribution in [3.05, 3.63) is 53.7 Å². The normalized spacial score (nSPS) is 10.5. The smallest absolute Gasteiger partial charge is 0.227 e. The minimum absolute atomic E-state index is 0.110.